The topological polar surface area (TPSA) is 61.3 Å². The van der Waals surface area contributed by atoms with Crippen molar-refractivity contribution in [3.8, 4) is 5.75 Å². The van der Waals surface area contributed by atoms with E-state index in [9.17, 15) is 0 Å². The second-order valence-electron chi connectivity index (χ2n) is 5.04. The minimum atomic E-state index is 0.536. The number of benzene rings is 2. The molecular formula is C17H22N2O. The van der Waals surface area contributed by atoms with Crippen LogP contribution in [-0.4, -0.2) is 6.54 Å². The lowest BCUT2D eigenvalue weighted by Crippen LogP contribution is -2.02. The zero-order valence-corrected chi connectivity index (χ0v) is 11.9. The number of ether oxygens (including phenoxy) is 1. The van der Waals surface area contributed by atoms with Gasteiger partial charge in [0.15, 0.2) is 0 Å². The predicted octanol–water partition coefficient (Wildman–Crippen LogP) is 3.05. The van der Waals surface area contributed by atoms with Crippen molar-refractivity contribution in [3.05, 3.63) is 59.2 Å². The fourth-order valence-electron chi connectivity index (χ4n) is 2.15. The van der Waals surface area contributed by atoms with Crippen LogP contribution in [0.4, 0.5) is 5.69 Å². The Morgan fingerprint density at radius 1 is 1.05 bits per heavy atom. The Morgan fingerprint density at radius 2 is 1.90 bits per heavy atom. The first-order valence-electron chi connectivity index (χ1n) is 6.96. The van der Waals surface area contributed by atoms with Gasteiger partial charge in [0.05, 0.1) is 5.69 Å². The molecule has 2 rings (SSSR count). The van der Waals surface area contributed by atoms with Crippen molar-refractivity contribution in [2.75, 3.05) is 12.3 Å². The molecule has 2 aromatic carbocycles. The van der Waals surface area contributed by atoms with Crippen LogP contribution >= 0.6 is 0 Å². The normalized spacial score (nSPS) is 10.5. The van der Waals surface area contributed by atoms with Gasteiger partial charge in [-0.05, 0) is 49.6 Å². The van der Waals surface area contributed by atoms with Crippen LogP contribution in [0.1, 0.15) is 23.1 Å². The fourth-order valence-corrected chi connectivity index (χ4v) is 2.15. The highest BCUT2D eigenvalue weighted by Crippen LogP contribution is 2.24. The van der Waals surface area contributed by atoms with Crippen molar-refractivity contribution in [1.29, 1.82) is 0 Å². The van der Waals surface area contributed by atoms with Gasteiger partial charge in [0.1, 0.15) is 12.4 Å². The molecule has 0 saturated heterocycles. The van der Waals surface area contributed by atoms with E-state index in [-0.39, 0.29) is 0 Å². The van der Waals surface area contributed by atoms with Crippen LogP contribution in [-0.2, 0) is 13.0 Å². The molecular weight excluding hydrogens is 248 g/mol. The summed E-state index contributed by atoms with van der Waals surface area (Å²) in [6.45, 7) is 3.31. The number of rotatable bonds is 6. The smallest absolute Gasteiger partial charge is 0.142 e. The lowest BCUT2D eigenvalue weighted by atomic mass is 10.1. The van der Waals surface area contributed by atoms with E-state index in [1.54, 1.807) is 0 Å². The zero-order chi connectivity index (χ0) is 14.4. The van der Waals surface area contributed by atoms with E-state index in [1.165, 1.54) is 11.1 Å². The average molecular weight is 270 g/mol. The molecule has 0 spiro atoms. The third-order valence-electron chi connectivity index (χ3n) is 3.22. The molecule has 0 fully saturated rings. The van der Waals surface area contributed by atoms with E-state index in [0.717, 1.165) is 24.2 Å². The summed E-state index contributed by atoms with van der Waals surface area (Å²) in [7, 11) is 0. The van der Waals surface area contributed by atoms with Gasteiger partial charge in [0, 0.05) is 0 Å². The van der Waals surface area contributed by atoms with Gasteiger partial charge in [-0.2, -0.15) is 0 Å². The molecule has 0 amide bonds. The van der Waals surface area contributed by atoms with Gasteiger partial charge in [-0.1, -0.05) is 35.9 Å². The lowest BCUT2D eigenvalue weighted by Gasteiger charge is -2.11. The van der Waals surface area contributed by atoms with Crippen molar-refractivity contribution in [3.63, 3.8) is 0 Å². The maximum atomic E-state index is 6.03. The van der Waals surface area contributed by atoms with E-state index < -0.39 is 0 Å². The largest absolute Gasteiger partial charge is 0.487 e. The molecule has 0 atom stereocenters. The molecule has 0 aliphatic carbocycles. The summed E-state index contributed by atoms with van der Waals surface area (Å²) in [5, 5.41) is 0. The summed E-state index contributed by atoms with van der Waals surface area (Å²) >= 11 is 0. The Morgan fingerprint density at radius 3 is 2.60 bits per heavy atom. The van der Waals surface area contributed by atoms with Gasteiger partial charge >= 0.3 is 0 Å². The summed E-state index contributed by atoms with van der Waals surface area (Å²) in [5.41, 5.74) is 15.8. The van der Waals surface area contributed by atoms with Crippen LogP contribution in [0, 0.1) is 6.92 Å². The van der Waals surface area contributed by atoms with E-state index in [0.29, 0.717) is 18.8 Å². The highest BCUT2D eigenvalue weighted by molar-refractivity contribution is 5.54. The van der Waals surface area contributed by atoms with Gasteiger partial charge in [-0.3, -0.25) is 0 Å². The van der Waals surface area contributed by atoms with Crippen molar-refractivity contribution in [1.82, 2.24) is 0 Å². The second-order valence-corrected chi connectivity index (χ2v) is 5.04. The molecule has 0 radical (unpaired) electrons. The van der Waals surface area contributed by atoms with Crippen molar-refractivity contribution < 1.29 is 4.74 Å². The molecule has 2 aromatic rings. The third kappa shape index (κ3) is 4.00. The van der Waals surface area contributed by atoms with E-state index in [4.69, 9.17) is 16.2 Å². The second kappa shape index (κ2) is 6.96. The SMILES string of the molecule is Cc1cccc(COc2ccc(CCCN)cc2N)c1. The van der Waals surface area contributed by atoms with Gasteiger partial charge in [0.2, 0.25) is 0 Å². The Balaban J connectivity index is 1.99. The highest BCUT2D eigenvalue weighted by Gasteiger charge is 2.03. The quantitative estimate of drug-likeness (QED) is 0.793. The Hall–Kier alpha value is -2.00. The molecule has 0 bridgehead atoms. The average Bonchev–Trinajstić information content (AvgIpc) is 2.44. The number of anilines is 1. The van der Waals surface area contributed by atoms with Crippen molar-refractivity contribution >= 4 is 5.69 Å². The maximum Gasteiger partial charge on any atom is 0.142 e. The summed E-state index contributed by atoms with van der Waals surface area (Å²) in [6, 6.07) is 14.2. The monoisotopic (exact) mass is 270 g/mol. The number of aryl methyl sites for hydroxylation is 2. The van der Waals surface area contributed by atoms with E-state index in [1.807, 2.05) is 18.2 Å². The van der Waals surface area contributed by atoms with Crippen LogP contribution in [0.5, 0.6) is 5.75 Å². The molecule has 0 aliphatic heterocycles. The van der Waals surface area contributed by atoms with Gasteiger partial charge in [-0.25, -0.2) is 0 Å². The molecule has 0 heterocycles. The van der Waals surface area contributed by atoms with Gasteiger partial charge in [0.25, 0.3) is 0 Å². The summed E-state index contributed by atoms with van der Waals surface area (Å²) in [5.74, 6) is 0.739. The first kappa shape index (κ1) is 14.4. The first-order valence-corrected chi connectivity index (χ1v) is 6.96. The fraction of sp³-hybridized carbons (Fsp3) is 0.294. The molecule has 0 aromatic heterocycles. The Labute approximate surface area is 120 Å². The molecule has 0 aliphatic rings. The van der Waals surface area contributed by atoms with Crippen molar-refractivity contribution in [2.24, 2.45) is 5.73 Å². The third-order valence-corrected chi connectivity index (χ3v) is 3.22. The van der Waals surface area contributed by atoms with Gasteiger partial charge in [-0.15, -0.1) is 0 Å². The molecule has 3 nitrogen and oxygen atoms in total. The number of nitrogen functional groups attached to an aromatic ring is 1. The number of hydrogen-bond donors (Lipinski definition) is 2. The minimum Gasteiger partial charge on any atom is -0.487 e. The molecule has 0 saturated carbocycles. The van der Waals surface area contributed by atoms with Crippen LogP contribution in [0.15, 0.2) is 42.5 Å². The Kier molecular flexibility index (Phi) is 5.02. The summed E-state index contributed by atoms with van der Waals surface area (Å²) in [4.78, 5) is 0. The summed E-state index contributed by atoms with van der Waals surface area (Å²) in [6.07, 6.45) is 1.93. The molecule has 0 unspecified atom stereocenters. The number of nitrogens with two attached hydrogens (primary N) is 2. The predicted molar refractivity (Wildman–Crippen MR) is 83.7 cm³/mol. The molecule has 3 heteroatoms. The molecule has 4 N–H and O–H groups in total. The standard InChI is InChI=1S/C17H22N2O/c1-13-4-2-5-15(10-13)12-20-17-8-7-14(6-3-9-18)11-16(17)19/h2,4-5,7-8,10-11H,3,6,9,12,18-19H2,1H3. The van der Waals surface area contributed by atoms with Crippen LogP contribution in [0.3, 0.4) is 0 Å². The van der Waals surface area contributed by atoms with Crippen LogP contribution in [0.2, 0.25) is 0 Å². The molecule has 20 heavy (non-hydrogen) atoms. The lowest BCUT2D eigenvalue weighted by molar-refractivity contribution is 0.308. The molecule has 106 valence electrons. The Bertz CT molecular complexity index is 567. The van der Waals surface area contributed by atoms with Gasteiger partial charge < -0.3 is 16.2 Å². The highest BCUT2D eigenvalue weighted by atomic mass is 16.5. The van der Waals surface area contributed by atoms with E-state index >= 15 is 0 Å². The van der Waals surface area contributed by atoms with E-state index in [2.05, 4.69) is 31.2 Å². The van der Waals surface area contributed by atoms with Crippen molar-refractivity contribution in [2.45, 2.75) is 26.4 Å². The maximum absolute atomic E-state index is 6.03. The summed E-state index contributed by atoms with van der Waals surface area (Å²) < 4.78 is 5.79. The van der Waals surface area contributed by atoms with Crippen LogP contribution in [0.25, 0.3) is 0 Å². The minimum absolute atomic E-state index is 0.536. The number of hydrogen-bond acceptors (Lipinski definition) is 3. The van der Waals surface area contributed by atoms with Crippen LogP contribution < -0.4 is 16.2 Å². The first-order chi connectivity index (χ1) is 9.69. The zero-order valence-electron chi connectivity index (χ0n) is 11.9.